The Bertz CT molecular complexity index is 287. The van der Waals surface area contributed by atoms with Gasteiger partial charge in [0.25, 0.3) is 0 Å². The van der Waals surface area contributed by atoms with Gasteiger partial charge in [-0.05, 0) is 76.7 Å². The van der Waals surface area contributed by atoms with Gasteiger partial charge in [0.15, 0.2) is 0 Å². The number of rotatable bonds is 6. The van der Waals surface area contributed by atoms with Crippen molar-refractivity contribution < 1.29 is 4.74 Å². The van der Waals surface area contributed by atoms with Crippen LogP contribution < -0.4 is 5.32 Å². The van der Waals surface area contributed by atoms with Crippen LogP contribution in [0.5, 0.6) is 0 Å². The molecule has 1 aliphatic carbocycles. The largest absolute Gasteiger partial charge is 0.376 e. The number of nitrogens with one attached hydrogen (secondary N) is 1. The van der Waals surface area contributed by atoms with Crippen molar-refractivity contribution in [2.45, 2.75) is 92.2 Å². The molecule has 1 N–H and O–H groups in total. The van der Waals surface area contributed by atoms with Crippen molar-refractivity contribution in [3.63, 3.8) is 0 Å². The van der Waals surface area contributed by atoms with Gasteiger partial charge in [-0.1, -0.05) is 27.7 Å². The van der Waals surface area contributed by atoms with Gasteiger partial charge in [-0.3, -0.25) is 0 Å². The fraction of sp³-hybridized carbons (Fsp3) is 1.00. The predicted molar refractivity (Wildman–Crippen MR) is 92.7 cm³/mol. The molecule has 1 rings (SSSR count). The third-order valence-electron chi connectivity index (χ3n) is 4.89. The molecular weight excluding hydrogens is 258 g/mol. The first kappa shape index (κ1) is 19.0. The van der Waals surface area contributed by atoms with E-state index in [9.17, 15) is 0 Å². The van der Waals surface area contributed by atoms with Gasteiger partial charge in [0.1, 0.15) is 0 Å². The molecule has 2 nitrogen and oxygen atoms in total. The Kier molecular flexibility index (Phi) is 7.19. The minimum absolute atomic E-state index is 0.00948. The van der Waals surface area contributed by atoms with Crippen molar-refractivity contribution >= 4 is 0 Å². The number of hydrogen-bond acceptors (Lipinski definition) is 2. The molecule has 2 heteroatoms. The van der Waals surface area contributed by atoms with Crippen LogP contribution in [0.25, 0.3) is 0 Å². The zero-order chi connectivity index (χ0) is 16.1. The molecule has 21 heavy (non-hydrogen) atoms. The highest BCUT2D eigenvalue weighted by atomic mass is 16.5. The first-order chi connectivity index (χ1) is 9.63. The van der Waals surface area contributed by atoms with E-state index in [1.807, 2.05) is 0 Å². The Morgan fingerprint density at radius 3 is 2.24 bits per heavy atom. The van der Waals surface area contributed by atoms with Gasteiger partial charge >= 0.3 is 0 Å². The predicted octanol–water partition coefficient (Wildman–Crippen LogP) is 5.02. The minimum atomic E-state index is -0.00948. The van der Waals surface area contributed by atoms with Crippen molar-refractivity contribution in [3.05, 3.63) is 0 Å². The second-order valence-corrected chi connectivity index (χ2v) is 8.95. The lowest BCUT2D eigenvalue weighted by molar-refractivity contribution is -0.0173. The third-order valence-corrected chi connectivity index (χ3v) is 4.89. The SMILES string of the molecule is CCCNC1CCC(C(C)(C)C)CC1CCOC(C)(C)C. The number of hydrogen-bond donors (Lipinski definition) is 1. The van der Waals surface area contributed by atoms with Crippen LogP contribution in [-0.2, 0) is 4.74 Å². The van der Waals surface area contributed by atoms with Crippen LogP contribution in [-0.4, -0.2) is 24.8 Å². The van der Waals surface area contributed by atoms with Gasteiger partial charge in [0.2, 0.25) is 0 Å². The molecule has 0 bridgehead atoms. The summed E-state index contributed by atoms with van der Waals surface area (Å²) in [6, 6.07) is 0.701. The van der Waals surface area contributed by atoms with Crippen LogP contribution in [0.2, 0.25) is 0 Å². The van der Waals surface area contributed by atoms with E-state index < -0.39 is 0 Å². The summed E-state index contributed by atoms with van der Waals surface area (Å²) in [6.07, 6.45) is 6.50. The molecule has 0 aromatic rings. The van der Waals surface area contributed by atoms with E-state index in [0.29, 0.717) is 11.5 Å². The molecule has 0 aromatic heterocycles. The fourth-order valence-corrected chi connectivity index (χ4v) is 3.48. The summed E-state index contributed by atoms with van der Waals surface area (Å²) in [5.41, 5.74) is 0.434. The third kappa shape index (κ3) is 7.15. The fourth-order valence-electron chi connectivity index (χ4n) is 3.48. The average Bonchev–Trinajstić information content (AvgIpc) is 2.34. The lowest BCUT2D eigenvalue weighted by atomic mass is 9.67. The molecule has 3 unspecified atom stereocenters. The molecule has 126 valence electrons. The molecule has 0 spiro atoms. The molecule has 0 aromatic carbocycles. The van der Waals surface area contributed by atoms with Crippen molar-refractivity contribution in [3.8, 4) is 0 Å². The maximum absolute atomic E-state index is 5.98. The van der Waals surface area contributed by atoms with E-state index in [1.165, 1.54) is 32.1 Å². The van der Waals surface area contributed by atoms with Crippen LogP contribution in [0.4, 0.5) is 0 Å². The minimum Gasteiger partial charge on any atom is -0.376 e. The quantitative estimate of drug-likeness (QED) is 0.743. The van der Waals surface area contributed by atoms with E-state index in [-0.39, 0.29) is 5.60 Å². The highest BCUT2D eigenvalue weighted by molar-refractivity contribution is 4.89. The lowest BCUT2D eigenvalue weighted by Gasteiger charge is -2.42. The van der Waals surface area contributed by atoms with Crippen LogP contribution in [0, 0.1) is 17.3 Å². The molecule has 0 saturated heterocycles. The normalized spacial score (nSPS) is 27.9. The van der Waals surface area contributed by atoms with Crippen LogP contribution >= 0.6 is 0 Å². The molecule has 0 aliphatic heterocycles. The van der Waals surface area contributed by atoms with Crippen molar-refractivity contribution in [1.29, 1.82) is 0 Å². The Balaban J connectivity index is 2.56. The maximum Gasteiger partial charge on any atom is 0.0598 e. The highest BCUT2D eigenvalue weighted by Crippen LogP contribution is 2.41. The Labute approximate surface area is 133 Å². The lowest BCUT2D eigenvalue weighted by Crippen LogP contribution is -2.43. The van der Waals surface area contributed by atoms with Crippen molar-refractivity contribution in [2.24, 2.45) is 17.3 Å². The zero-order valence-electron chi connectivity index (χ0n) is 15.6. The molecular formula is C19H39NO. The summed E-state index contributed by atoms with van der Waals surface area (Å²) in [5.74, 6) is 1.63. The molecule has 1 saturated carbocycles. The van der Waals surface area contributed by atoms with Gasteiger partial charge in [-0.25, -0.2) is 0 Å². The number of ether oxygens (including phenoxy) is 1. The standard InChI is InChI=1S/C19H39NO/c1-8-12-20-17-10-9-16(18(2,3)4)14-15(17)11-13-21-19(5,6)7/h15-17,20H,8-14H2,1-7H3. The summed E-state index contributed by atoms with van der Waals surface area (Å²) < 4.78 is 5.98. The summed E-state index contributed by atoms with van der Waals surface area (Å²) in [5, 5.41) is 3.79. The van der Waals surface area contributed by atoms with Gasteiger partial charge in [0.05, 0.1) is 5.60 Å². The van der Waals surface area contributed by atoms with E-state index in [1.54, 1.807) is 0 Å². The van der Waals surface area contributed by atoms with Crippen LogP contribution in [0.15, 0.2) is 0 Å². The second kappa shape index (κ2) is 7.97. The highest BCUT2D eigenvalue weighted by Gasteiger charge is 2.35. The monoisotopic (exact) mass is 297 g/mol. The van der Waals surface area contributed by atoms with E-state index >= 15 is 0 Å². The summed E-state index contributed by atoms with van der Waals surface area (Å²) in [7, 11) is 0. The molecule has 0 radical (unpaired) electrons. The second-order valence-electron chi connectivity index (χ2n) is 8.95. The smallest absolute Gasteiger partial charge is 0.0598 e. The van der Waals surface area contributed by atoms with E-state index in [0.717, 1.165) is 25.0 Å². The molecule has 3 atom stereocenters. The van der Waals surface area contributed by atoms with Crippen LogP contribution in [0.3, 0.4) is 0 Å². The summed E-state index contributed by atoms with van der Waals surface area (Å²) >= 11 is 0. The first-order valence-electron chi connectivity index (χ1n) is 9.01. The van der Waals surface area contributed by atoms with Gasteiger partial charge in [-0.2, -0.15) is 0 Å². The Morgan fingerprint density at radius 2 is 1.71 bits per heavy atom. The van der Waals surface area contributed by atoms with Crippen molar-refractivity contribution in [2.75, 3.05) is 13.2 Å². The van der Waals surface area contributed by atoms with Gasteiger partial charge < -0.3 is 10.1 Å². The Morgan fingerprint density at radius 1 is 1.05 bits per heavy atom. The van der Waals surface area contributed by atoms with Gasteiger partial charge in [0, 0.05) is 12.6 Å². The molecule has 1 aliphatic rings. The summed E-state index contributed by atoms with van der Waals surface area (Å²) in [6.45, 7) is 18.0. The van der Waals surface area contributed by atoms with Crippen LogP contribution in [0.1, 0.15) is 80.6 Å². The zero-order valence-corrected chi connectivity index (χ0v) is 15.6. The van der Waals surface area contributed by atoms with Gasteiger partial charge in [-0.15, -0.1) is 0 Å². The summed E-state index contributed by atoms with van der Waals surface area (Å²) in [4.78, 5) is 0. The first-order valence-corrected chi connectivity index (χ1v) is 9.01. The molecule has 1 fully saturated rings. The average molecular weight is 298 g/mol. The molecule has 0 amide bonds. The Hall–Kier alpha value is -0.0800. The maximum atomic E-state index is 5.98. The van der Waals surface area contributed by atoms with E-state index in [4.69, 9.17) is 4.74 Å². The van der Waals surface area contributed by atoms with E-state index in [2.05, 4.69) is 53.8 Å². The molecule has 0 heterocycles. The van der Waals surface area contributed by atoms with Crippen molar-refractivity contribution in [1.82, 2.24) is 5.32 Å². The topological polar surface area (TPSA) is 21.3 Å².